The summed E-state index contributed by atoms with van der Waals surface area (Å²) in [6.45, 7) is 7.91. The van der Waals surface area contributed by atoms with Gasteiger partial charge in [-0.25, -0.2) is 31.3 Å². The Morgan fingerprint density at radius 2 is 1.87 bits per heavy atom. The molecule has 12 heteroatoms. The van der Waals surface area contributed by atoms with E-state index in [0.717, 1.165) is 41.4 Å². The predicted molar refractivity (Wildman–Crippen MR) is 169 cm³/mol. The molecule has 2 bridgehead atoms. The van der Waals surface area contributed by atoms with Crippen molar-refractivity contribution in [2.45, 2.75) is 50.5 Å². The topological polar surface area (TPSA) is 120 Å². The van der Waals surface area contributed by atoms with Crippen molar-refractivity contribution in [3.8, 4) is 11.4 Å². The van der Waals surface area contributed by atoms with Crippen LogP contribution in [0.2, 0.25) is 0 Å². The molecule has 8 rings (SSSR count). The highest BCUT2D eigenvalue weighted by molar-refractivity contribution is 7.90. The molecule has 0 amide bonds. The monoisotopic (exact) mass is 628 g/mol. The minimum absolute atomic E-state index is 0.0496. The molecule has 1 N–H and O–H groups in total. The molecule has 4 heterocycles. The van der Waals surface area contributed by atoms with Crippen molar-refractivity contribution in [3.05, 3.63) is 78.5 Å². The van der Waals surface area contributed by atoms with E-state index in [4.69, 9.17) is 14.8 Å². The van der Waals surface area contributed by atoms with E-state index >= 15 is 0 Å². The smallest absolute Gasteiger partial charge is 0.311 e. The van der Waals surface area contributed by atoms with Crippen LogP contribution in [0.25, 0.3) is 34.0 Å². The lowest BCUT2D eigenvalue weighted by Crippen LogP contribution is -2.52. The van der Waals surface area contributed by atoms with Crippen LogP contribution in [0, 0.1) is 30.5 Å². The second-order valence-corrected chi connectivity index (χ2v) is 13.7. The molecule has 3 aliphatic rings. The van der Waals surface area contributed by atoms with Gasteiger partial charge in [-0.15, -0.1) is 5.10 Å². The lowest BCUT2D eigenvalue weighted by Gasteiger charge is -2.47. The van der Waals surface area contributed by atoms with Gasteiger partial charge in [-0.05, 0) is 87.8 Å². The number of aryl methyl sites for hydroxylation is 1. The molecule has 5 aromatic rings. The van der Waals surface area contributed by atoms with Crippen LogP contribution in [0.15, 0.2) is 66.3 Å². The van der Waals surface area contributed by atoms with Crippen molar-refractivity contribution < 1.29 is 22.3 Å². The number of aromatic nitrogens is 5. The Morgan fingerprint density at radius 3 is 2.58 bits per heavy atom. The molecular formula is C33H33FN6O4S. The van der Waals surface area contributed by atoms with E-state index in [0.29, 0.717) is 23.6 Å². The van der Waals surface area contributed by atoms with Crippen LogP contribution in [0.5, 0.6) is 0 Å². The first kappa shape index (κ1) is 29.1. The number of rotatable bonds is 8. The van der Waals surface area contributed by atoms with Gasteiger partial charge in [-0.2, -0.15) is 0 Å². The molecule has 4 aromatic heterocycles. The van der Waals surface area contributed by atoms with Gasteiger partial charge in [0.25, 0.3) is 10.0 Å². The number of nitrogens with zero attached hydrogens (tertiary/aromatic N) is 5. The minimum Gasteiger partial charge on any atom is -0.466 e. The second-order valence-electron chi connectivity index (χ2n) is 11.8. The fraction of sp³-hybridized carbons (Fsp3) is 0.333. The number of benzene rings is 1. The van der Waals surface area contributed by atoms with Gasteiger partial charge in [0.2, 0.25) is 0 Å². The zero-order valence-electron chi connectivity index (χ0n) is 25.0. The number of carbonyl (C=O) groups is 1. The van der Waals surface area contributed by atoms with Gasteiger partial charge in [-0.3, -0.25) is 4.79 Å². The highest BCUT2D eigenvalue weighted by atomic mass is 32.2. The van der Waals surface area contributed by atoms with Gasteiger partial charge in [0.05, 0.1) is 29.3 Å². The van der Waals surface area contributed by atoms with Crippen molar-refractivity contribution in [1.82, 2.24) is 23.6 Å². The molecule has 0 radical (unpaired) electrons. The van der Waals surface area contributed by atoms with E-state index in [-0.39, 0.29) is 57.1 Å². The van der Waals surface area contributed by atoms with Gasteiger partial charge in [0.15, 0.2) is 17.3 Å². The molecule has 45 heavy (non-hydrogen) atoms. The molecule has 1 aromatic carbocycles. The van der Waals surface area contributed by atoms with Gasteiger partial charge >= 0.3 is 5.97 Å². The van der Waals surface area contributed by atoms with E-state index in [1.54, 1.807) is 22.7 Å². The van der Waals surface area contributed by atoms with Crippen LogP contribution in [0.3, 0.4) is 0 Å². The molecule has 2 atom stereocenters. The second kappa shape index (κ2) is 11.1. The lowest BCUT2D eigenvalue weighted by molar-refractivity contribution is -0.154. The van der Waals surface area contributed by atoms with Gasteiger partial charge in [0.1, 0.15) is 11.3 Å². The zero-order chi connectivity index (χ0) is 31.5. The van der Waals surface area contributed by atoms with E-state index in [2.05, 4.69) is 16.9 Å². The molecule has 3 aliphatic carbocycles. The maximum absolute atomic E-state index is 14.6. The minimum atomic E-state index is -4.10. The molecule has 10 nitrogen and oxygen atoms in total. The first-order valence-electron chi connectivity index (χ1n) is 15.1. The van der Waals surface area contributed by atoms with E-state index in [9.17, 15) is 17.6 Å². The summed E-state index contributed by atoms with van der Waals surface area (Å²) in [5.74, 6) is -0.0286. The third kappa shape index (κ3) is 4.87. The first-order valence-corrected chi connectivity index (χ1v) is 16.6. The molecule has 3 fully saturated rings. The maximum atomic E-state index is 14.6. The third-order valence-electron chi connectivity index (χ3n) is 9.23. The number of nitrogens with one attached hydrogen (secondary N) is 1. The number of hydrogen-bond donors (Lipinski definition) is 1. The highest BCUT2D eigenvalue weighted by Gasteiger charge is 2.48. The Balaban J connectivity index is 1.40. The normalized spacial score (nSPS) is 21.3. The molecule has 232 valence electrons. The van der Waals surface area contributed by atoms with Crippen molar-refractivity contribution in [3.63, 3.8) is 0 Å². The number of ether oxygens (including phenoxy) is 1. The van der Waals surface area contributed by atoms with Gasteiger partial charge < -0.3 is 10.1 Å². The van der Waals surface area contributed by atoms with Crippen LogP contribution in [-0.2, 0) is 19.6 Å². The molecule has 0 saturated heterocycles. The Labute approximate surface area is 260 Å². The van der Waals surface area contributed by atoms with Crippen LogP contribution in [0.4, 0.5) is 10.2 Å². The van der Waals surface area contributed by atoms with Crippen molar-refractivity contribution in [2.24, 2.45) is 17.8 Å². The molecular weight excluding hydrogens is 595 g/mol. The fourth-order valence-electron chi connectivity index (χ4n) is 7.02. The fourth-order valence-corrected chi connectivity index (χ4v) is 8.35. The third-order valence-corrected chi connectivity index (χ3v) is 10.9. The first-order chi connectivity index (χ1) is 21.7. The number of esters is 1. The van der Waals surface area contributed by atoms with E-state index in [1.165, 1.54) is 24.4 Å². The molecule has 3 saturated carbocycles. The molecule has 0 aliphatic heterocycles. The highest BCUT2D eigenvalue weighted by Crippen LogP contribution is 2.47. The number of hydrogen-bond acceptors (Lipinski definition) is 8. The van der Waals surface area contributed by atoms with Crippen LogP contribution in [0.1, 0.15) is 43.9 Å². The Hall–Kier alpha value is -4.58. The van der Waals surface area contributed by atoms with Gasteiger partial charge in [0, 0.05) is 23.2 Å². The lowest BCUT2D eigenvalue weighted by atomic mass is 9.61. The average molecular weight is 629 g/mol. The predicted octanol–water partition coefficient (Wildman–Crippen LogP) is 5.85. The Morgan fingerprint density at radius 1 is 1.13 bits per heavy atom. The van der Waals surface area contributed by atoms with E-state index < -0.39 is 15.8 Å². The standard InChI is InChI=1S/C33H33FN6O4S/c1-4-23-12-15-27-31(36-29-21-10-8-20(9-11-21)28(29)33(41)44-5-2)37-30(38-40(23)27)26-18-39(32-25(26)16-22(34)17-35-32)45(42,43)24-13-6-19(3)7-14-24/h4,6-7,12-18,20-21,28-29H,1,5,8-11H2,2-3H3,(H,36,37,38)/t20?,21?,28-,29-/m0/s1. The number of anilines is 1. The van der Waals surface area contributed by atoms with Crippen LogP contribution < -0.4 is 5.32 Å². The summed E-state index contributed by atoms with van der Waals surface area (Å²) < 4.78 is 50.5. The van der Waals surface area contributed by atoms with Crippen LogP contribution in [-0.4, -0.2) is 50.6 Å². The summed E-state index contributed by atoms with van der Waals surface area (Å²) in [5.41, 5.74) is 2.60. The number of carbonyl (C=O) groups excluding carboxylic acids is 1. The molecule has 0 spiro atoms. The summed E-state index contributed by atoms with van der Waals surface area (Å²) >= 11 is 0. The van der Waals surface area contributed by atoms with Crippen molar-refractivity contribution in [2.75, 3.05) is 11.9 Å². The average Bonchev–Trinajstić information content (AvgIpc) is 3.63. The largest absolute Gasteiger partial charge is 0.466 e. The Kier molecular flexibility index (Phi) is 7.19. The summed E-state index contributed by atoms with van der Waals surface area (Å²) in [4.78, 5) is 22.3. The van der Waals surface area contributed by atoms with Gasteiger partial charge in [-0.1, -0.05) is 24.3 Å². The quantitative estimate of drug-likeness (QED) is 0.213. The van der Waals surface area contributed by atoms with Crippen molar-refractivity contribution in [1.29, 1.82) is 0 Å². The SMILES string of the molecule is C=Cc1ccc2c(N[C@H]3C4CCC(CC4)[C@@H]3C(=O)OCC)nc(-c3cn(S(=O)(=O)c4ccc(C)cc4)c4ncc(F)cc34)nn12. The summed E-state index contributed by atoms with van der Waals surface area (Å²) in [6.07, 6.45) is 8.00. The molecule has 0 unspecified atom stereocenters. The number of pyridine rings is 1. The summed E-state index contributed by atoms with van der Waals surface area (Å²) in [5, 5.41) is 8.60. The zero-order valence-corrected chi connectivity index (χ0v) is 25.8. The Bertz CT molecular complexity index is 2060. The number of fused-ring (bicyclic) bond motifs is 5. The van der Waals surface area contributed by atoms with Crippen molar-refractivity contribution >= 4 is 44.4 Å². The van der Waals surface area contributed by atoms with E-state index in [1.807, 2.05) is 26.0 Å². The maximum Gasteiger partial charge on any atom is 0.311 e. The summed E-state index contributed by atoms with van der Waals surface area (Å²) in [7, 11) is -4.10. The summed E-state index contributed by atoms with van der Waals surface area (Å²) in [6, 6.07) is 11.2. The van der Waals surface area contributed by atoms with Crippen LogP contribution >= 0.6 is 0 Å². The number of halogens is 1.